The lowest BCUT2D eigenvalue weighted by Gasteiger charge is -2.24. The van der Waals surface area contributed by atoms with Crippen molar-refractivity contribution in [3.05, 3.63) is 0 Å². The van der Waals surface area contributed by atoms with E-state index in [1.165, 1.54) is 0 Å². The van der Waals surface area contributed by atoms with E-state index < -0.39 is 0 Å². The number of carbonyl (C=O) groups excluding carboxylic acids is 1. The van der Waals surface area contributed by atoms with Crippen molar-refractivity contribution < 1.29 is 4.79 Å². The van der Waals surface area contributed by atoms with Gasteiger partial charge in [-0.05, 0) is 25.4 Å². The Morgan fingerprint density at radius 3 is 2.89 bits per heavy atom. The molecule has 9 heavy (non-hydrogen) atoms. The van der Waals surface area contributed by atoms with Crippen LogP contribution in [0, 0.1) is 11.8 Å². The van der Waals surface area contributed by atoms with Crippen LogP contribution in [-0.4, -0.2) is 19.4 Å². The summed E-state index contributed by atoms with van der Waals surface area (Å²) in [5.74, 6) is 0.850. The average Bonchev–Trinajstić information content (AvgIpc) is 1.89. The number of carbonyl (C=O) groups is 1. The first-order chi connectivity index (χ1) is 4.34. The van der Waals surface area contributed by atoms with Crippen LogP contribution in [0.5, 0.6) is 0 Å². The third kappa shape index (κ3) is 1.52. The lowest BCUT2D eigenvalue weighted by atomic mass is 9.89. The van der Waals surface area contributed by atoms with Crippen LogP contribution in [0.1, 0.15) is 13.3 Å². The minimum absolute atomic E-state index is 0.311. The highest BCUT2D eigenvalue weighted by molar-refractivity contribution is 5.54. The Kier molecular flexibility index (Phi) is 2.22. The van der Waals surface area contributed by atoms with Crippen molar-refractivity contribution in [2.24, 2.45) is 11.8 Å². The van der Waals surface area contributed by atoms with Gasteiger partial charge in [-0.1, -0.05) is 6.92 Å². The summed E-state index contributed by atoms with van der Waals surface area (Å²) >= 11 is 0. The predicted octanol–water partition coefficient (Wildman–Crippen LogP) is 0.431. The average molecular weight is 127 g/mol. The molecule has 0 aliphatic carbocycles. The zero-order chi connectivity index (χ0) is 6.69. The van der Waals surface area contributed by atoms with E-state index >= 15 is 0 Å². The van der Waals surface area contributed by atoms with Gasteiger partial charge in [0.25, 0.3) is 0 Å². The first-order valence-electron chi connectivity index (χ1n) is 3.50. The molecule has 2 nitrogen and oxygen atoms in total. The molecule has 0 radical (unpaired) electrons. The predicted molar refractivity (Wildman–Crippen MR) is 36.2 cm³/mol. The van der Waals surface area contributed by atoms with Crippen LogP contribution >= 0.6 is 0 Å². The maximum Gasteiger partial charge on any atom is 0.123 e. The van der Waals surface area contributed by atoms with Crippen LogP contribution in [-0.2, 0) is 4.79 Å². The maximum absolute atomic E-state index is 10.3. The number of aldehydes is 1. The van der Waals surface area contributed by atoms with E-state index in [0.29, 0.717) is 11.8 Å². The molecule has 0 aromatic heterocycles. The van der Waals surface area contributed by atoms with Crippen molar-refractivity contribution in [1.29, 1.82) is 0 Å². The van der Waals surface area contributed by atoms with Crippen LogP contribution in [0.4, 0.5) is 0 Å². The van der Waals surface area contributed by atoms with Crippen molar-refractivity contribution >= 4 is 6.29 Å². The van der Waals surface area contributed by atoms with Gasteiger partial charge in [-0.15, -0.1) is 0 Å². The number of piperidine rings is 1. The summed E-state index contributed by atoms with van der Waals surface area (Å²) in [7, 11) is 0. The molecule has 0 amide bonds. The standard InChI is InChI=1S/C7H13NO/c1-6-4-8-3-2-7(6)5-9/h5-8H,2-4H2,1H3/t6-,7-/m1/s1. The Morgan fingerprint density at radius 1 is 1.67 bits per heavy atom. The highest BCUT2D eigenvalue weighted by Crippen LogP contribution is 2.14. The first kappa shape index (κ1) is 6.75. The topological polar surface area (TPSA) is 29.1 Å². The van der Waals surface area contributed by atoms with Crippen molar-refractivity contribution in [3.8, 4) is 0 Å². The highest BCUT2D eigenvalue weighted by atomic mass is 16.1. The Hall–Kier alpha value is -0.370. The number of rotatable bonds is 1. The second kappa shape index (κ2) is 2.97. The molecule has 1 fully saturated rings. The summed E-state index contributed by atoms with van der Waals surface area (Å²) in [5.41, 5.74) is 0. The molecule has 0 spiro atoms. The van der Waals surface area contributed by atoms with Crippen molar-refractivity contribution in [3.63, 3.8) is 0 Å². The lowest BCUT2D eigenvalue weighted by molar-refractivity contribution is -0.112. The smallest absolute Gasteiger partial charge is 0.123 e. The van der Waals surface area contributed by atoms with E-state index in [9.17, 15) is 4.79 Å². The Bertz CT molecular complexity index is 103. The summed E-state index contributed by atoms with van der Waals surface area (Å²) in [5, 5.41) is 3.24. The number of hydrogen-bond donors (Lipinski definition) is 1. The molecule has 2 atom stereocenters. The molecular formula is C7H13NO. The molecule has 1 saturated heterocycles. The molecule has 0 unspecified atom stereocenters. The molecule has 1 N–H and O–H groups in total. The van der Waals surface area contributed by atoms with Gasteiger partial charge >= 0.3 is 0 Å². The molecule has 2 heteroatoms. The molecule has 52 valence electrons. The van der Waals surface area contributed by atoms with E-state index in [4.69, 9.17) is 0 Å². The van der Waals surface area contributed by atoms with Gasteiger partial charge in [0.1, 0.15) is 6.29 Å². The van der Waals surface area contributed by atoms with Gasteiger partial charge in [0, 0.05) is 5.92 Å². The van der Waals surface area contributed by atoms with Gasteiger partial charge in [0.05, 0.1) is 0 Å². The van der Waals surface area contributed by atoms with Gasteiger partial charge in [0.15, 0.2) is 0 Å². The lowest BCUT2D eigenvalue weighted by Crippen LogP contribution is -2.35. The van der Waals surface area contributed by atoms with Crippen LogP contribution in [0.15, 0.2) is 0 Å². The van der Waals surface area contributed by atoms with Crippen LogP contribution in [0.3, 0.4) is 0 Å². The molecule has 0 aromatic carbocycles. The zero-order valence-electron chi connectivity index (χ0n) is 5.76. The first-order valence-corrected chi connectivity index (χ1v) is 3.50. The number of hydrogen-bond acceptors (Lipinski definition) is 2. The quantitative estimate of drug-likeness (QED) is 0.517. The molecule has 1 rings (SSSR count). The van der Waals surface area contributed by atoms with Gasteiger partial charge < -0.3 is 10.1 Å². The van der Waals surface area contributed by atoms with Gasteiger partial charge in [-0.3, -0.25) is 0 Å². The maximum atomic E-state index is 10.3. The fourth-order valence-corrected chi connectivity index (χ4v) is 1.24. The van der Waals surface area contributed by atoms with Crippen molar-refractivity contribution in [2.75, 3.05) is 13.1 Å². The summed E-state index contributed by atoms with van der Waals surface area (Å²) in [6.45, 7) is 4.13. The second-order valence-corrected chi connectivity index (χ2v) is 2.77. The fourth-order valence-electron chi connectivity index (χ4n) is 1.24. The molecule has 0 bridgehead atoms. The van der Waals surface area contributed by atoms with Crippen LogP contribution in [0.2, 0.25) is 0 Å². The second-order valence-electron chi connectivity index (χ2n) is 2.77. The summed E-state index contributed by atoms with van der Waals surface area (Å²) in [4.78, 5) is 10.3. The summed E-state index contributed by atoms with van der Waals surface area (Å²) < 4.78 is 0. The van der Waals surface area contributed by atoms with Gasteiger partial charge in [-0.2, -0.15) is 0 Å². The molecular weight excluding hydrogens is 114 g/mol. The van der Waals surface area contributed by atoms with Crippen molar-refractivity contribution in [2.45, 2.75) is 13.3 Å². The van der Waals surface area contributed by atoms with Gasteiger partial charge in [-0.25, -0.2) is 0 Å². The SMILES string of the molecule is C[C@@H]1CNCC[C@@H]1C=O. The van der Waals surface area contributed by atoms with Crippen molar-refractivity contribution in [1.82, 2.24) is 5.32 Å². The van der Waals surface area contributed by atoms with Crippen LogP contribution in [0.25, 0.3) is 0 Å². The molecule has 0 aromatic rings. The Labute approximate surface area is 55.6 Å². The largest absolute Gasteiger partial charge is 0.316 e. The molecule has 1 aliphatic rings. The van der Waals surface area contributed by atoms with E-state index in [-0.39, 0.29) is 0 Å². The third-order valence-corrected chi connectivity index (χ3v) is 2.03. The fraction of sp³-hybridized carbons (Fsp3) is 0.857. The van der Waals surface area contributed by atoms with Gasteiger partial charge in [0.2, 0.25) is 0 Å². The minimum atomic E-state index is 0.311. The molecule has 0 saturated carbocycles. The molecule has 1 heterocycles. The normalized spacial score (nSPS) is 36.1. The summed E-state index contributed by atoms with van der Waals surface area (Å²) in [6, 6.07) is 0. The van der Waals surface area contributed by atoms with Crippen LogP contribution < -0.4 is 5.32 Å². The number of nitrogens with one attached hydrogen (secondary N) is 1. The van der Waals surface area contributed by atoms with E-state index in [2.05, 4.69) is 12.2 Å². The zero-order valence-corrected chi connectivity index (χ0v) is 5.76. The minimum Gasteiger partial charge on any atom is -0.316 e. The Balaban J connectivity index is 2.38. The Morgan fingerprint density at radius 2 is 2.44 bits per heavy atom. The van der Waals surface area contributed by atoms with E-state index in [0.717, 1.165) is 25.8 Å². The monoisotopic (exact) mass is 127 g/mol. The molecule has 1 aliphatic heterocycles. The third-order valence-electron chi connectivity index (χ3n) is 2.03. The highest BCUT2D eigenvalue weighted by Gasteiger charge is 2.19. The van der Waals surface area contributed by atoms with E-state index in [1.54, 1.807) is 0 Å². The summed E-state index contributed by atoms with van der Waals surface area (Å²) in [6.07, 6.45) is 2.11. The van der Waals surface area contributed by atoms with E-state index in [1.807, 2.05) is 0 Å².